The Balaban J connectivity index is 2.08. The Morgan fingerprint density at radius 1 is 1.16 bits per heavy atom. The molecule has 1 fully saturated rings. The maximum atomic E-state index is 11.2. The van der Waals surface area contributed by atoms with E-state index in [1.807, 2.05) is 24.3 Å². The fraction of sp³-hybridized carbons (Fsp3) is 0.400. The van der Waals surface area contributed by atoms with Crippen LogP contribution in [0.3, 0.4) is 0 Å². The Kier molecular flexibility index (Phi) is 3.53. The van der Waals surface area contributed by atoms with E-state index in [0.717, 1.165) is 5.69 Å². The van der Waals surface area contributed by atoms with E-state index in [-0.39, 0.29) is 5.78 Å². The Morgan fingerprint density at radius 3 is 2.11 bits per heavy atom. The number of hydrogen-bond donors (Lipinski definition) is 0. The lowest BCUT2D eigenvalue weighted by Crippen LogP contribution is -2.38. The number of nitrogens with zero attached hydrogens (tertiary/aromatic N) is 3. The maximum absolute atomic E-state index is 11.2. The lowest BCUT2D eigenvalue weighted by atomic mass is 9.81. The van der Waals surface area contributed by atoms with Crippen molar-refractivity contribution >= 4 is 11.5 Å². The third-order valence-corrected chi connectivity index (χ3v) is 3.68. The molecule has 19 heavy (non-hydrogen) atoms. The van der Waals surface area contributed by atoms with Crippen molar-refractivity contribution in [2.24, 2.45) is 5.41 Å². The van der Waals surface area contributed by atoms with Crippen LogP contribution < -0.4 is 4.90 Å². The first-order chi connectivity index (χ1) is 9.10. The predicted octanol–water partition coefficient (Wildman–Crippen LogP) is 2.52. The van der Waals surface area contributed by atoms with Gasteiger partial charge in [0.05, 0.1) is 12.1 Å². The average molecular weight is 253 g/mol. The molecule has 4 heteroatoms. The van der Waals surface area contributed by atoms with E-state index >= 15 is 0 Å². The van der Waals surface area contributed by atoms with Crippen LogP contribution in [0.25, 0.3) is 0 Å². The van der Waals surface area contributed by atoms with E-state index in [9.17, 15) is 4.79 Å². The molecule has 1 aromatic carbocycles. The summed E-state index contributed by atoms with van der Waals surface area (Å²) in [4.78, 5) is 13.4. The minimum Gasteiger partial charge on any atom is -0.371 e. The molecule has 96 valence electrons. The molecule has 0 radical (unpaired) electrons. The lowest BCUT2D eigenvalue weighted by molar-refractivity contribution is 0.101. The predicted molar refractivity (Wildman–Crippen MR) is 71.6 cm³/mol. The molecule has 0 bridgehead atoms. The molecule has 1 aromatic rings. The number of ketones is 1. The van der Waals surface area contributed by atoms with Gasteiger partial charge in [0.2, 0.25) is 0 Å². The highest BCUT2D eigenvalue weighted by Gasteiger charge is 2.34. The first-order valence-corrected chi connectivity index (χ1v) is 6.29. The Morgan fingerprint density at radius 2 is 1.68 bits per heavy atom. The zero-order valence-corrected chi connectivity index (χ0v) is 10.9. The van der Waals surface area contributed by atoms with Crippen molar-refractivity contribution in [1.29, 1.82) is 10.5 Å². The van der Waals surface area contributed by atoms with Crippen LogP contribution in [-0.4, -0.2) is 18.9 Å². The highest BCUT2D eigenvalue weighted by molar-refractivity contribution is 5.94. The molecule has 1 saturated heterocycles. The third kappa shape index (κ3) is 2.58. The Bertz CT molecular complexity index is 539. The molecule has 1 aliphatic heterocycles. The van der Waals surface area contributed by atoms with Crippen LogP contribution in [0.1, 0.15) is 30.1 Å². The molecule has 0 atom stereocenters. The molecule has 0 amide bonds. The van der Waals surface area contributed by atoms with Gasteiger partial charge in [-0.15, -0.1) is 0 Å². The van der Waals surface area contributed by atoms with Crippen molar-refractivity contribution < 1.29 is 4.79 Å². The van der Waals surface area contributed by atoms with Crippen molar-refractivity contribution in [3.8, 4) is 12.1 Å². The second-order valence-corrected chi connectivity index (χ2v) is 4.90. The van der Waals surface area contributed by atoms with E-state index in [0.29, 0.717) is 31.5 Å². The van der Waals surface area contributed by atoms with Gasteiger partial charge in [0.25, 0.3) is 0 Å². The van der Waals surface area contributed by atoms with Gasteiger partial charge in [-0.2, -0.15) is 10.5 Å². The van der Waals surface area contributed by atoms with Crippen LogP contribution in [0, 0.1) is 28.1 Å². The zero-order valence-electron chi connectivity index (χ0n) is 10.9. The Labute approximate surface area is 112 Å². The van der Waals surface area contributed by atoms with E-state index in [1.165, 1.54) is 0 Å². The fourth-order valence-corrected chi connectivity index (χ4v) is 2.30. The summed E-state index contributed by atoms with van der Waals surface area (Å²) in [6.07, 6.45) is 1.13. The number of benzene rings is 1. The summed E-state index contributed by atoms with van der Waals surface area (Å²) in [7, 11) is 0. The summed E-state index contributed by atoms with van der Waals surface area (Å²) in [5, 5.41) is 18.1. The molecule has 0 aromatic heterocycles. The van der Waals surface area contributed by atoms with Gasteiger partial charge in [-0.05, 0) is 44.0 Å². The molecule has 0 aliphatic carbocycles. The molecular formula is C15H15N3O. The van der Waals surface area contributed by atoms with E-state index in [1.54, 1.807) is 6.92 Å². The number of hydrogen-bond acceptors (Lipinski definition) is 4. The molecule has 0 unspecified atom stereocenters. The zero-order chi connectivity index (χ0) is 13.9. The van der Waals surface area contributed by atoms with Gasteiger partial charge >= 0.3 is 0 Å². The largest absolute Gasteiger partial charge is 0.371 e. The number of Topliss-reactive ketones (excluding diaryl/α,β-unsaturated/α-hetero) is 1. The smallest absolute Gasteiger partial charge is 0.159 e. The number of anilines is 1. The number of carbonyl (C=O) groups is 1. The molecule has 0 N–H and O–H groups in total. The lowest BCUT2D eigenvalue weighted by Gasteiger charge is -2.34. The van der Waals surface area contributed by atoms with Crippen molar-refractivity contribution in [1.82, 2.24) is 0 Å². The molecule has 4 nitrogen and oxygen atoms in total. The van der Waals surface area contributed by atoms with Crippen molar-refractivity contribution in [2.45, 2.75) is 19.8 Å². The highest BCUT2D eigenvalue weighted by atomic mass is 16.1. The van der Waals surface area contributed by atoms with Gasteiger partial charge in [0, 0.05) is 24.3 Å². The van der Waals surface area contributed by atoms with Crippen molar-refractivity contribution in [3.63, 3.8) is 0 Å². The highest BCUT2D eigenvalue weighted by Crippen LogP contribution is 2.32. The SMILES string of the molecule is CC(=O)c1ccc(N2CCC(C#N)(C#N)CC2)cc1. The van der Waals surface area contributed by atoms with Gasteiger partial charge in [-0.25, -0.2) is 0 Å². The molecule has 1 aliphatic rings. The second kappa shape index (κ2) is 5.12. The normalized spacial score (nSPS) is 17.3. The van der Waals surface area contributed by atoms with Gasteiger partial charge in [-0.3, -0.25) is 4.79 Å². The minimum atomic E-state index is -0.824. The average Bonchev–Trinajstić information content (AvgIpc) is 2.47. The number of nitriles is 2. The summed E-state index contributed by atoms with van der Waals surface area (Å²) in [5.41, 5.74) is 0.911. The molecule has 2 rings (SSSR count). The molecule has 0 spiro atoms. The van der Waals surface area contributed by atoms with Crippen LogP contribution in [0.4, 0.5) is 5.69 Å². The van der Waals surface area contributed by atoms with Gasteiger partial charge in [0.1, 0.15) is 5.41 Å². The summed E-state index contributed by atoms with van der Waals surface area (Å²) < 4.78 is 0. The van der Waals surface area contributed by atoms with Gasteiger partial charge < -0.3 is 4.90 Å². The number of piperidine rings is 1. The summed E-state index contributed by atoms with van der Waals surface area (Å²) in [5.74, 6) is 0.0539. The third-order valence-electron chi connectivity index (χ3n) is 3.68. The van der Waals surface area contributed by atoms with Crippen LogP contribution >= 0.6 is 0 Å². The van der Waals surface area contributed by atoms with Gasteiger partial charge in [0.15, 0.2) is 5.78 Å². The first kappa shape index (κ1) is 13.1. The second-order valence-electron chi connectivity index (χ2n) is 4.90. The monoisotopic (exact) mass is 253 g/mol. The van der Waals surface area contributed by atoms with Crippen LogP contribution in [0.5, 0.6) is 0 Å². The quantitative estimate of drug-likeness (QED) is 0.759. The molecule has 0 saturated carbocycles. The number of carbonyl (C=O) groups excluding carboxylic acids is 1. The topological polar surface area (TPSA) is 67.9 Å². The summed E-state index contributed by atoms with van der Waals surface area (Å²) in [6.45, 7) is 2.94. The maximum Gasteiger partial charge on any atom is 0.159 e. The van der Waals surface area contributed by atoms with Crippen molar-refractivity contribution in [2.75, 3.05) is 18.0 Å². The van der Waals surface area contributed by atoms with Gasteiger partial charge in [-0.1, -0.05) is 0 Å². The fourth-order valence-electron chi connectivity index (χ4n) is 2.30. The summed E-state index contributed by atoms with van der Waals surface area (Å²) >= 11 is 0. The molecule has 1 heterocycles. The van der Waals surface area contributed by atoms with Crippen molar-refractivity contribution in [3.05, 3.63) is 29.8 Å². The minimum absolute atomic E-state index is 0.0539. The van der Waals surface area contributed by atoms with Crippen LogP contribution in [-0.2, 0) is 0 Å². The first-order valence-electron chi connectivity index (χ1n) is 6.29. The van der Waals surface area contributed by atoms with E-state index in [2.05, 4.69) is 17.0 Å². The number of rotatable bonds is 2. The summed E-state index contributed by atoms with van der Waals surface area (Å²) in [6, 6.07) is 11.7. The van der Waals surface area contributed by atoms with E-state index in [4.69, 9.17) is 10.5 Å². The molecular weight excluding hydrogens is 238 g/mol. The van der Waals surface area contributed by atoms with E-state index < -0.39 is 5.41 Å². The Hall–Kier alpha value is -2.33. The van der Waals surface area contributed by atoms with Crippen LogP contribution in [0.15, 0.2) is 24.3 Å². The standard InChI is InChI=1S/C15H15N3O/c1-12(19)13-2-4-14(5-3-13)18-8-6-15(10-16,11-17)7-9-18/h2-5H,6-9H2,1H3. The van der Waals surface area contributed by atoms with Crippen LogP contribution in [0.2, 0.25) is 0 Å².